The second-order valence-corrected chi connectivity index (χ2v) is 5.55. The molecule has 0 radical (unpaired) electrons. The van der Waals surface area contributed by atoms with Crippen LogP contribution in [-0.4, -0.2) is 27.0 Å². The Morgan fingerprint density at radius 1 is 1.44 bits per heavy atom. The lowest BCUT2D eigenvalue weighted by atomic mass is 10.0. The zero-order chi connectivity index (χ0) is 12.6. The van der Waals surface area contributed by atoms with E-state index in [1.807, 2.05) is 30.2 Å². The molecule has 1 N–H and O–H groups in total. The maximum atomic E-state index is 5.85. The molecule has 0 bridgehead atoms. The average Bonchev–Trinajstić information content (AvgIpc) is 3.04. The van der Waals surface area contributed by atoms with Crippen LogP contribution in [0.25, 0.3) is 11.0 Å². The highest BCUT2D eigenvalue weighted by Gasteiger charge is 2.41. The molecule has 0 saturated heterocycles. The Labute approximate surface area is 111 Å². The topological polar surface area (TPSA) is 42.7 Å². The predicted molar refractivity (Wildman–Crippen MR) is 74.0 cm³/mol. The summed E-state index contributed by atoms with van der Waals surface area (Å²) in [6, 6.07) is 1.99. The molecule has 4 nitrogen and oxygen atoms in total. The highest BCUT2D eigenvalue weighted by Crippen LogP contribution is 2.48. The lowest BCUT2D eigenvalue weighted by molar-refractivity contribution is 0.524. The third kappa shape index (κ3) is 2.05. The Balaban J connectivity index is 1.79. The lowest BCUT2D eigenvalue weighted by Gasteiger charge is -2.14. The molecule has 0 atom stereocenters. The zero-order valence-electron chi connectivity index (χ0n) is 10.5. The van der Waals surface area contributed by atoms with Gasteiger partial charge in [-0.3, -0.25) is 0 Å². The number of pyridine rings is 1. The van der Waals surface area contributed by atoms with Crippen LogP contribution in [0, 0.1) is 5.41 Å². The number of hydrogen-bond donors (Lipinski definition) is 1. The summed E-state index contributed by atoms with van der Waals surface area (Å²) in [4.78, 5) is 8.79. The van der Waals surface area contributed by atoms with Crippen molar-refractivity contribution in [2.24, 2.45) is 12.5 Å². The molecule has 0 unspecified atom stereocenters. The van der Waals surface area contributed by atoms with E-state index in [2.05, 4.69) is 15.3 Å². The highest BCUT2D eigenvalue weighted by molar-refractivity contribution is 6.17. The minimum atomic E-state index is 0.403. The Hall–Kier alpha value is -1.29. The van der Waals surface area contributed by atoms with Crippen molar-refractivity contribution in [1.82, 2.24) is 14.5 Å². The van der Waals surface area contributed by atoms with E-state index in [-0.39, 0.29) is 0 Å². The van der Waals surface area contributed by atoms with Gasteiger partial charge in [0.2, 0.25) is 0 Å². The number of nitrogens with zero attached hydrogens (tertiary/aromatic N) is 3. The summed E-state index contributed by atoms with van der Waals surface area (Å²) in [7, 11) is 2.00. The van der Waals surface area contributed by atoms with Gasteiger partial charge in [-0.1, -0.05) is 0 Å². The van der Waals surface area contributed by atoms with E-state index in [1.54, 1.807) is 0 Å². The summed E-state index contributed by atoms with van der Waals surface area (Å²) in [5, 5.41) is 3.44. The van der Waals surface area contributed by atoms with Gasteiger partial charge in [0.05, 0.1) is 11.8 Å². The minimum absolute atomic E-state index is 0.403. The summed E-state index contributed by atoms with van der Waals surface area (Å²) in [5.41, 5.74) is 2.46. The fraction of sp³-hybridized carbons (Fsp3) is 0.538. The molecular weight excluding hydrogens is 248 g/mol. The average molecular weight is 265 g/mol. The summed E-state index contributed by atoms with van der Waals surface area (Å²) in [6.07, 6.45) is 7.27. The van der Waals surface area contributed by atoms with Crippen molar-refractivity contribution in [3.63, 3.8) is 0 Å². The summed E-state index contributed by atoms with van der Waals surface area (Å²) in [6.45, 7) is 0.947. The van der Waals surface area contributed by atoms with E-state index >= 15 is 0 Å². The van der Waals surface area contributed by atoms with Gasteiger partial charge in [-0.25, -0.2) is 9.97 Å². The van der Waals surface area contributed by atoms with Crippen LogP contribution in [0.15, 0.2) is 18.6 Å². The number of aryl methyl sites for hydroxylation is 1. The molecule has 0 aromatic carbocycles. The number of alkyl halides is 1. The molecule has 0 spiro atoms. The van der Waals surface area contributed by atoms with Gasteiger partial charge in [0.15, 0.2) is 5.82 Å². The molecule has 0 aliphatic heterocycles. The Morgan fingerprint density at radius 2 is 2.28 bits per heavy atom. The number of halogens is 1. The molecule has 0 amide bonds. The van der Waals surface area contributed by atoms with Crippen LogP contribution < -0.4 is 5.32 Å². The van der Waals surface area contributed by atoms with Crippen LogP contribution in [0.1, 0.15) is 19.3 Å². The molecule has 1 aliphatic rings. The van der Waals surface area contributed by atoms with Crippen molar-refractivity contribution in [1.29, 1.82) is 0 Å². The fourth-order valence-electron chi connectivity index (χ4n) is 2.36. The van der Waals surface area contributed by atoms with Gasteiger partial charge in [-0.2, -0.15) is 0 Å². The molecule has 5 heteroatoms. The molecule has 1 fully saturated rings. The first-order chi connectivity index (χ1) is 8.74. The molecule has 1 saturated carbocycles. The van der Waals surface area contributed by atoms with Crippen molar-refractivity contribution in [2.45, 2.75) is 19.3 Å². The Kier molecular flexibility index (Phi) is 2.90. The molecule has 18 heavy (non-hydrogen) atoms. The number of anilines is 1. The standard InChI is InChI=1S/C13H17ClN4/c1-18-9-17-11-10(18)2-7-15-12(11)16-8-13(3-4-13)5-6-14/h2,7,9H,3-6,8H2,1H3,(H,15,16). The first kappa shape index (κ1) is 11.8. The van der Waals surface area contributed by atoms with Crippen molar-refractivity contribution in [3.8, 4) is 0 Å². The third-order valence-corrected chi connectivity index (χ3v) is 4.04. The van der Waals surface area contributed by atoms with Gasteiger partial charge in [0, 0.05) is 25.7 Å². The SMILES string of the molecule is Cn1cnc2c(NCC3(CCCl)CC3)nccc21. The van der Waals surface area contributed by atoms with Gasteiger partial charge in [-0.15, -0.1) is 11.6 Å². The molecule has 2 aromatic rings. The van der Waals surface area contributed by atoms with Crippen LogP contribution >= 0.6 is 11.6 Å². The van der Waals surface area contributed by atoms with Gasteiger partial charge in [0.25, 0.3) is 0 Å². The first-order valence-corrected chi connectivity index (χ1v) is 6.83. The Bertz CT molecular complexity index is 559. The predicted octanol–water partition coefficient (Wildman–Crippen LogP) is 2.79. The van der Waals surface area contributed by atoms with Gasteiger partial charge < -0.3 is 9.88 Å². The molecule has 2 aromatic heterocycles. The van der Waals surface area contributed by atoms with E-state index in [9.17, 15) is 0 Å². The number of nitrogens with one attached hydrogen (secondary N) is 1. The summed E-state index contributed by atoms with van der Waals surface area (Å²) >= 11 is 5.85. The smallest absolute Gasteiger partial charge is 0.154 e. The molecule has 96 valence electrons. The number of imidazole rings is 1. The second-order valence-electron chi connectivity index (χ2n) is 5.18. The number of hydrogen-bond acceptors (Lipinski definition) is 3. The highest BCUT2D eigenvalue weighted by atomic mass is 35.5. The fourth-order valence-corrected chi connectivity index (χ4v) is 2.76. The van der Waals surface area contributed by atoms with E-state index in [4.69, 9.17) is 11.6 Å². The van der Waals surface area contributed by atoms with Crippen molar-refractivity contribution in [2.75, 3.05) is 17.7 Å². The molecule has 2 heterocycles. The van der Waals surface area contributed by atoms with Crippen molar-refractivity contribution in [3.05, 3.63) is 18.6 Å². The number of rotatable bonds is 5. The van der Waals surface area contributed by atoms with E-state index < -0.39 is 0 Å². The second kappa shape index (κ2) is 4.43. The first-order valence-electron chi connectivity index (χ1n) is 6.30. The molecular formula is C13H17ClN4. The zero-order valence-corrected chi connectivity index (χ0v) is 11.2. The molecule has 1 aliphatic carbocycles. The maximum Gasteiger partial charge on any atom is 0.154 e. The Morgan fingerprint density at radius 3 is 3.00 bits per heavy atom. The van der Waals surface area contributed by atoms with Crippen LogP contribution in [0.3, 0.4) is 0 Å². The van der Waals surface area contributed by atoms with E-state index in [0.29, 0.717) is 5.41 Å². The van der Waals surface area contributed by atoms with Crippen LogP contribution in [0.4, 0.5) is 5.82 Å². The van der Waals surface area contributed by atoms with Gasteiger partial charge in [0.1, 0.15) is 5.52 Å². The van der Waals surface area contributed by atoms with E-state index in [0.717, 1.165) is 35.7 Å². The largest absolute Gasteiger partial charge is 0.368 e. The van der Waals surface area contributed by atoms with Crippen molar-refractivity contribution < 1.29 is 0 Å². The minimum Gasteiger partial charge on any atom is -0.368 e. The van der Waals surface area contributed by atoms with Crippen LogP contribution in [0.5, 0.6) is 0 Å². The monoisotopic (exact) mass is 264 g/mol. The number of fused-ring (bicyclic) bond motifs is 1. The number of aromatic nitrogens is 3. The van der Waals surface area contributed by atoms with Gasteiger partial charge >= 0.3 is 0 Å². The maximum absolute atomic E-state index is 5.85. The van der Waals surface area contributed by atoms with Gasteiger partial charge in [-0.05, 0) is 30.7 Å². The summed E-state index contributed by atoms with van der Waals surface area (Å²) in [5.74, 6) is 1.62. The lowest BCUT2D eigenvalue weighted by Crippen LogP contribution is -2.16. The van der Waals surface area contributed by atoms with Crippen molar-refractivity contribution >= 4 is 28.5 Å². The molecule has 3 rings (SSSR count). The van der Waals surface area contributed by atoms with Crippen LogP contribution in [-0.2, 0) is 7.05 Å². The quantitative estimate of drug-likeness (QED) is 0.845. The normalized spacial score (nSPS) is 17.0. The van der Waals surface area contributed by atoms with E-state index in [1.165, 1.54) is 12.8 Å². The third-order valence-electron chi connectivity index (χ3n) is 3.86. The van der Waals surface area contributed by atoms with Crippen LogP contribution in [0.2, 0.25) is 0 Å². The summed E-state index contributed by atoms with van der Waals surface area (Å²) < 4.78 is 2.01.